The molecule has 6 nitrogen and oxygen atoms in total. The third-order valence-electron chi connectivity index (χ3n) is 2.81. The Balaban J connectivity index is 2.08. The number of benzene rings is 1. The zero-order chi connectivity index (χ0) is 14.0. The van der Waals surface area contributed by atoms with E-state index in [0.717, 1.165) is 11.8 Å². The molecule has 102 valence electrons. The molecule has 0 radical (unpaired) electrons. The van der Waals surface area contributed by atoms with Crippen LogP contribution >= 0.6 is 0 Å². The molecule has 0 aromatic heterocycles. The smallest absolute Gasteiger partial charge is 0.265 e. The first-order valence-corrected chi connectivity index (χ1v) is 7.42. The van der Waals surface area contributed by atoms with Crippen molar-refractivity contribution in [2.45, 2.75) is 18.7 Å². The van der Waals surface area contributed by atoms with Crippen molar-refractivity contribution < 1.29 is 22.2 Å². The molecule has 1 aliphatic rings. The first kappa shape index (κ1) is 13.7. The summed E-state index contributed by atoms with van der Waals surface area (Å²) in [7, 11) is -3.76. The number of hydrogen-bond donors (Lipinski definition) is 0. The molecule has 1 aromatic carbocycles. The summed E-state index contributed by atoms with van der Waals surface area (Å²) in [5.74, 6) is -0.494. The van der Waals surface area contributed by atoms with Crippen LogP contribution in [0.4, 0.5) is 0 Å². The summed E-state index contributed by atoms with van der Waals surface area (Å²) in [6, 6.07) is 8.26. The predicted octanol–water partition coefficient (Wildman–Crippen LogP) is -0.0589. The van der Waals surface area contributed by atoms with Gasteiger partial charge in [-0.1, -0.05) is 30.3 Å². The summed E-state index contributed by atoms with van der Waals surface area (Å²) in [5, 5.41) is 0. The van der Waals surface area contributed by atoms with Gasteiger partial charge in [-0.2, -0.15) is 8.42 Å². The Labute approximate surface area is 111 Å². The summed E-state index contributed by atoms with van der Waals surface area (Å²) in [4.78, 5) is 24.0. The van der Waals surface area contributed by atoms with Gasteiger partial charge in [0.1, 0.15) is 12.3 Å². The van der Waals surface area contributed by atoms with Crippen molar-refractivity contribution >= 4 is 22.3 Å². The second kappa shape index (κ2) is 5.10. The van der Waals surface area contributed by atoms with Gasteiger partial charge in [0.2, 0.25) is 0 Å². The molecule has 0 unspecified atom stereocenters. The molecule has 2 atom stereocenters. The van der Waals surface area contributed by atoms with Gasteiger partial charge in [0.25, 0.3) is 16.0 Å². The van der Waals surface area contributed by atoms with Gasteiger partial charge in [0.05, 0.1) is 6.26 Å². The van der Waals surface area contributed by atoms with Crippen LogP contribution in [0.3, 0.4) is 0 Å². The van der Waals surface area contributed by atoms with Gasteiger partial charge in [-0.15, -0.1) is 0 Å². The van der Waals surface area contributed by atoms with E-state index in [0.29, 0.717) is 6.29 Å². The molecule has 1 aliphatic heterocycles. The van der Waals surface area contributed by atoms with E-state index in [1.54, 1.807) is 0 Å². The summed E-state index contributed by atoms with van der Waals surface area (Å²) < 4.78 is 26.6. The van der Waals surface area contributed by atoms with Crippen LogP contribution < -0.4 is 0 Å². The van der Waals surface area contributed by atoms with E-state index in [1.807, 2.05) is 30.3 Å². The Kier molecular flexibility index (Phi) is 3.68. The zero-order valence-electron chi connectivity index (χ0n) is 10.2. The second-order valence-corrected chi connectivity index (χ2v) is 5.90. The van der Waals surface area contributed by atoms with Gasteiger partial charge in [-0.3, -0.25) is 8.98 Å². The van der Waals surface area contributed by atoms with Crippen LogP contribution in [-0.4, -0.2) is 43.9 Å². The number of β-lactam (4-membered cyclic amide) rings is 1. The highest BCUT2D eigenvalue weighted by Gasteiger charge is 2.49. The van der Waals surface area contributed by atoms with Crippen LogP contribution in [-0.2, 0) is 30.4 Å². The second-order valence-electron chi connectivity index (χ2n) is 4.30. The van der Waals surface area contributed by atoms with E-state index in [1.165, 1.54) is 4.90 Å². The molecule has 0 bridgehead atoms. The maximum Gasteiger partial charge on any atom is 0.265 e. The van der Waals surface area contributed by atoms with Crippen molar-refractivity contribution in [1.82, 2.24) is 4.90 Å². The lowest BCUT2D eigenvalue weighted by molar-refractivity contribution is -0.165. The van der Waals surface area contributed by atoms with Crippen molar-refractivity contribution in [3.05, 3.63) is 35.9 Å². The molecule has 0 saturated carbocycles. The minimum atomic E-state index is -3.76. The van der Waals surface area contributed by atoms with Crippen molar-refractivity contribution in [2.24, 2.45) is 0 Å². The Morgan fingerprint density at radius 3 is 2.47 bits per heavy atom. The summed E-state index contributed by atoms with van der Waals surface area (Å²) >= 11 is 0. The standard InChI is InChI=1S/C12H13NO5S/c1-19(16,17)18-11-10(8-14)13(12(11)15)7-9-5-3-2-4-6-9/h2-6,8,10-11H,7H2,1H3/t10-,11+/m0/s1. The molecule has 0 spiro atoms. The highest BCUT2D eigenvalue weighted by molar-refractivity contribution is 7.86. The molecule has 1 fully saturated rings. The molecule has 2 rings (SSSR count). The number of nitrogens with zero attached hydrogens (tertiary/aromatic N) is 1. The van der Waals surface area contributed by atoms with E-state index in [4.69, 9.17) is 0 Å². The van der Waals surface area contributed by atoms with Gasteiger partial charge in [-0.25, -0.2) is 0 Å². The van der Waals surface area contributed by atoms with Crippen LogP contribution in [0, 0.1) is 0 Å². The predicted molar refractivity (Wildman–Crippen MR) is 66.6 cm³/mol. The van der Waals surface area contributed by atoms with Crippen molar-refractivity contribution in [1.29, 1.82) is 0 Å². The highest BCUT2D eigenvalue weighted by Crippen LogP contribution is 2.25. The average molecular weight is 283 g/mol. The number of carbonyl (C=O) groups is 2. The Morgan fingerprint density at radius 2 is 1.95 bits per heavy atom. The summed E-state index contributed by atoms with van der Waals surface area (Å²) in [6.07, 6.45) is 0.151. The first-order valence-electron chi connectivity index (χ1n) is 5.60. The number of rotatable bonds is 5. The average Bonchev–Trinajstić information content (AvgIpc) is 2.37. The number of hydrogen-bond acceptors (Lipinski definition) is 5. The number of likely N-dealkylation sites (tertiary alicyclic amines) is 1. The first-order chi connectivity index (χ1) is 8.92. The van der Waals surface area contributed by atoms with E-state index in [2.05, 4.69) is 4.18 Å². The lowest BCUT2D eigenvalue weighted by Gasteiger charge is -2.42. The minimum Gasteiger partial charge on any atom is -0.323 e. The van der Waals surface area contributed by atoms with Gasteiger partial charge >= 0.3 is 0 Å². The molecule has 1 heterocycles. The normalized spacial score (nSPS) is 23.0. The molecule has 1 aromatic rings. The fraction of sp³-hybridized carbons (Fsp3) is 0.333. The fourth-order valence-corrected chi connectivity index (χ4v) is 2.51. The highest BCUT2D eigenvalue weighted by atomic mass is 32.2. The topological polar surface area (TPSA) is 80.8 Å². The molecular formula is C12H13NO5S. The lowest BCUT2D eigenvalue weighted by Crippen LogP contribution is -2.66. The lowest BCUT2D eigenvalue weighted by atomic mass is 9.98. The van der Waals surface area contributed by atoms with Crippen molar-refractivity contribution in [2.75, 3.05) is 6.26 Å². The van der Waals surface area contributed by atoms with E-state index in [9.17, 15) is 18.0 Å². The Morgan fingerprint density at radius 1 is 1.32 bits per heavy atom. The van der Waals surface area contributed by atoms with Gasteiger partial charge < -0.3 is 9.69 Å². The van der Waals surface area contributed by atoms with E-state index >= 15 is 0 Å². The molecule has 0 N–H and O–H groups in total. The maximum atomic E-state index is 11.8. The zero-order valence-corrected chi connectivity index (χ0v) is 11.0. The molecule has 1 amide bonds. The molecule has 19 heavy (non-hydrogen) atoms. The largest absolute Gasteiger partial charge is 0.323 e. The van der Waals surface area contributed by atoms with Gasteiger partial charge in [-0.05, 0) is 5.56 Å². The van der Waals surface area contributed by atoms with Crippen LogP contribution in [0.25, 0.3) is 0 Å². The Hall–Kier alpha value is -1.73. The van der Waals surface area contributed by atoms with E-state index in [-0.39, 0.29) is 6.54 Å². The number of amides is 1. The fourth-order valence-electron chi connectivity index (χ4n) is 1.93. The molecular weight excluding hydrogens is 270 g/mol. The third kappa shape index (κ3) is 2.99. The molecule has 1 saturated heterocycles. The third-order valence-corrected chi connectivity index (χ3v) is 3.37. The maximum absolute atomic E-state index is 11.8. The number of carbonyl (C=O) groups excluding carboxylic acids is 2. The monoisotopic (exact) mass is 283 g/mol. The van der Waals surface area contributed by atoms with Crippen LogP contribution in [0.5, 0.6) is 0 Å². The number of aldehydes is 1. The summed E-state index contributed by atoms with van der Waals surface area (Å²) in [5.41, 5.74) is 0.862. The SMILES string of the molecule is CS(=O)(=O)O[C@H]1C(=O)N(Cc2ccccc2)[C@H]1C=O. The molecule has 7 heteroatoms. The summed E-state index contributed by atoms with van der Waals surface area (Å²) in [6.45, 7) is 0.257. The van der Waals surface area contributed by atoms with Crippen LogP contribution in [0.15, 0.2) is 30.3 Å². The van der Waals surface area contributed by atoms with Crippen LogP contribution in [0.1, 0.15) is 5.56 Å². The molecule has 0 aliphatic carbocycles. The van der Waals surface area contributed by atoms with Gasteiger partial charge in [0.15, 0.2) is 6.10 Å². The Bertz CT molecular complexity index is 583. The van der Waals surface area contributed by atoms with Crippen LogP contribution in [0.2, 0.25) is 0 Å². The van der Waals surface area contributed by atoms with Crippen molar-refractivity contribution in [3.8, 4) is 0 Å². The van der Waals surface area contributed by atoms with E-state index < -0.39 is 28.2 Å². The quantitative estimate of drug-likeness (QED) is 0.429. The van der Waals surface area contributed by atoms with Gasteiger partial charge in [0, 0.05) is 6.54 Å². The minimum absolute atomic E-state index is 0.257. The van der Waals surface area contributed by atoms with Crippen molar-refractivity contribution in [3.63, 3.8) is 0 Å².